The average molecular weight is 396 g/mol. The van der Waals surface area contributed by atoms with Crippen LogP contribution in [0.1, 0.15) is 42.8 Å². The number of nitrogens with zero attached hydrogens (tertiary/aromatic N) is 2. The first-order chi connectivity index (χ1) is 14.2. The van der Waals surface area contributed by atoms with Crippen molar-refractivity contribution in [3.05, 3.63) is 59.5 Å². The number of rotatable bonds is 6. The van der Waals surface area contributed by atoms with Gasteiger partial charge >= 0.3 is 0 Å². The quantitative estimate of drug-likeness (QED) is 0.812. The van der Waals surface area contributed by atoms with Gasteiger partial charge in [0.15, 0.2) is 0 Å². The Morgan fingerprint density at radius 2 is 1.86 bits per heavy atom. The lowest BCUT2D eigenvalue weighted by molar-refractivity contribution is -0.127. The van der Waals surface area contributed by atoms with Crippen LogP contribution in [0.4, 0.5) is 0 Å². The van der Waals surface area contributed by atoms with Crippen LogP contribution in [0.25, 0.3) is 0 Å². The molecule has 0 unspecified atom stereocenters. The van der Waals surface area contributed by atoms with Gasteiger partial charge in [0.05, 0.1) is 12.5 Å². The Balaban J connectivity index is 1.23. The number of furan rings is 1. The summed E-state index contributed by atoms with van der Waals surface area (Å²) in [7, 11) is 0. The maximum Gasteiger partial charge on any atom is 0.224 e. The minimum atomic E-state index is 0.0992. The molecule has 0 radical (unpaired) electrons. The lowest BCUT2D eigenvalue weighted by Gasteiger charge is -2.42. The van der Waals surface area contributed by atoms with Crippen LogP contribution in [0, 0.1) is 12.8 Å². The third kappa shape index (κ3) is 5.49. The Morgan fingerprint density at radius 1 is 1.07 bits per heavy atom. The first kappa shape index (κ1) is 20.2. The summed E-state index contributed by atoms with van der Waals surface area (Å²) in [5.74, 6) is 1.98. The van der Waals surface area contributed by atoms with Crippen molar-refractivity contribution in [2.45, 2.75) is 51.7 Å². The first-order valence-corrected chi connectivity index (χ1v) is 11.0. The minimum absolute atomic E-state index is 0.0992. The number of carbonyl (C=O) groups is 1. The molecule has 0 spiro atoms. The number of benzene rings is 1. The summed E-state index contributed by atoms with van der Waals surface area (Å²) in [5, 5.41) is 3.07. The summed E-state index contributed by atoms with van der Waals surface area (Å²) in [6, 6.07) is 15.2. The van der Waals surface area contributed by atoms with Gasteiger partial charge in [-0.2, -0.15) is 0 Å². The fourth-order valence-corrected chi connectivity index (χ4v) is 4.73. The standard InChI is InChI=1S/C24H33N3O2/c1-19-9-10-23(29-19)16-25-24(28)21-8-5-13-27(18-21)22-11-14-26(15-12-22)17-20-6-3-2-4-7-20/h2-4,6-7,9-10,21-22H,5,8,11-18H2,1H3,(H,25,28)/t21-/m1/s1. The molecular weight excluding hydrogens is 362 g/mol. The molecular formula is C24H33N3O2. The van der Waals surface area contributed by atoms with Gasteiger partial charge in [-0.15, -0.1) is 0 Å². The second-order valence-electron chi connectivity index (χ2n) is 8.56. The van der Waals surface area contributed by atoms with E-state index >= 15 is 0 Å². The highest BCUT2D eigenvalue weighted by atomic mass is 16.3. The van der Waals surface area contributed by atoms with Crippen LogP contribution in [-0.2, 0) is 17.9 Å². The van der Waals surface area contributed by atoms with Crippen LogP contribution in [0.15, 0.2) is 46.9 Å². The van der Waals surface area contributed by atoms with Crippen LogP contribution < -0.4 is 5.32 Å². The van der Waals surface area contributed by atoms with Crippen molar-refractivity contribution >= 4 is 5.91 Å². The SMILES string of the molecule is Cc1ccc(CNC(=O)[C@@H]2CCCN(C3CCN(Cc4ccccc4)CC3)C2)o1. The molecule has 1 atom stereocenters. The Bertz CT molecular complexity index is 780. The van der Waals surface area contributed by atoms with Gasteiger partial charge in [-0.05, 0) is 69.9 Å². The molecule has 4 rings (SSSR count). The van der Waals surface area contributed by atoms with E-state index in [2.05, 4.69) is 45.4 Å². The van der Waals surface area contributed by atoms with Gasteiger partial charge in [-0.3, -0.25) is 14.6 Å². The zero-order valence-corrected chi connectivity index (χ0v) is 17.5. The Hall–Kier alpha value is -2.11. The van der Waals surface area contributed by atoms with Crippen molar-refractivity contribution in [1.82, 2.24) is 15.1 Å². The van der Waals surface area contributed by atoms with E-state index in [-0.39, 0.29) is 11.8 Å². The van der Waals surface area contributed by atoms with Gasteiger partial charge in [0.1, 0.15) is 11.5 Å². The summed E-state index contributed by atoms with van der Waals surface area (Å²) in [4.78, 5) is 17.8. The molecule has 0 aliphatic carbocycles. The first-order valence-electron chi connectivity index (χ1n) is 11.0. The Morgan fingerprint density at radius 3 is 2.59 bits per heavy atom. The summed E-state index contributed by atoms with van der Waals surface area (Å²) < 4.78 is 5.56. The molecule has 2 aliphatic rings. The highest BCUT2D eigenvalue weighted by Gasteiger charge is 2.31. The fraction of sp³-hybridized carbons (Fsp3) is 0.542. The minimum Gasteiger partial charge on any atom is -0.465 e. The van der Waals surface area contributed by atoms with E-state index in [0.717, 1.165) is 57.1 Å². The second kappa shape index (κ2) is 9.59. The van der Waals surface area contributed by atoms with Crippen LogP contribution in [0.3, 0.4) is 0 Å². The van der Waals surface area contributed by atoms with Crippen molar-refractivity contribution in [1.29, 1.82) is 0 Å². The number of piperidine rings is 2. The number of hydrogen-bond donors (Lipinski definition) is 1. The van der Waals surface area contributed by atoms with E-state index in [1.165, 1.54) is 18.4 Å². The summed E-state index contributed by atoms with van der Waals surface area (Å²) >= 11 is 0. The second-order valence-corrected chi connectivity index (χ2v) is 8.56. The number of aryl methyl sites for hydroxylation is 1. The van der Waals surface area contributed by atoms with E-state index in [4.69, 9.17) is 4.42 Å². The van der Waals surface area contributed by atoms with Crippen molar-refractivity contribution < 1.29 is 9.21 Å². The molecule has 0 saturated carbocycles. The number of likely N-dealkylation sites (tertiary alicyclic amines) is 2. The number of hydrogen-bond acceptors (Lipinski definition) is 4. The maximum absolute atomic E-state index is 12.7. The van der Waals surface area contributed by atoms with E-state index in [1.807, 2.05) is 19.1 Å². The number of carbonyl (C=O) groups excluding carboxylic acids is 1. The van der Waals surface area contributed by atoms with Crippen molar-refractivity contribution in [3.8, 4) is 0 Å². The van der Waals surface area contributed by atoms with E-state index in [1.54, 1.807) is 0 Å². The molecule has 2 fully saturated rings. The topological polar surface area (TPSA) is 48.7 Å². The molecule has 29 heavy (non-hydrogen) atoms. The Labute approximate surface area is 174 Å². The smallest absolute Gasteiger partial charge is 0.224 e. The van der Waals surface area contributed by atoms with E-state index < -0.39 is 0 Å². The van der Waals surface area contributed by atoms with Gasteiger partial charge in [0.25, 0.3) is 0 Å². The lowest BCUT2D eigenvalue weighted by Crippen LogP contribution is -2.50. The van der Waals surface area contributed by atoms with Crippen LogP contribution >= 0.6 is 0 Å². The lowest BCUT2D eigenvalue weighted by atomic mass is 9.93. The van der Waals surface area contributed by atoms with Crippen LogP contribution in [0.2, 0.25) is 0 Å². The normalized spacial score (nSPS) is 21.9. The van der Waals surface area contributed by atoms with Crippen LogP contribution in [-0.4, -0.2) is 47.9 Å². The summed E-state index contributed by atoms with van der Waals surface area (Å²) in [5.41, 5.74) is 1.40. The van der Waals surface area contributed by atoms with E-state index in [9.17, 15) is 4.79 Å². The van der Waals surface area contributed by atoms with Gasteiger partial charge in [0.2, 0.25) is 5.91 Å². The molecule has 1 N–H and O–H groups in total. The molecule has 2 saturated heterocycles. The molecule has 5 nitrogen and oxygen atoms in total. The summed E-state index contributed by atoms with van der Waals surface area (Å²) in [6.07, 6.45) is 4.51. The van der Waals surface area contributed by atoms with Gasteiger partial charge in [-0.25, -0.2) is 0 Å². The van der Waals surface area contributed by atoms with Gasteiger partial charge < -0.3 is 9.73 Å². The third-order valence-electron chi connectivity index (χ3n) is 6.38. The zero-order chi connectivity index (χ0) is 20.1. The highest BCUT2D eigenvalue weighted by molar-refractivity contribution is 5.78. The predicted octanol–water partition coefficient (Wildman–Crippen LogP) is 3.58. The maximum atomic E-state index is 12.7. The predicted molar refractivity (Wildman–Crippen MR) is 114 cm³/mol. The molecule has 156 valence electrons. The molecule has 1 aromatic heterocycles. The largest absolute Gasteiger partial charge is 0.465 e. The number of amides is 1. The number of nitrogens with one attached hydrogen (secondary N) is 1. The van der Waals surface area contributed by atoms with Gasteiger partial charge in [0, 0.05) is 19.1 Å². The van der Waals surface area contributed by atoms with Gasteiger partial charge in [-0.1, -0.05) is 30.3 Å². The molecule has 2 aliphatic heterocycles. The molecule has 5 heteroatoms. The molecule has 1 amide bonds. The van der Waals surface area contributed by atoms with Crippen molar-refractivity contribution in [2.24, 2.45) is 5.92 Å². The fourth-order valence-electron chi connectivity index (χ4n) is 4.73. The van der Waals surface area contributed by atoms with Crippen LogP contribution in [0.5, 0.6) is 0 Å². The van der Waals surface area contributed by atoms with E-state index in [0.29, 0.717) is 12.6 Å². The molecule has 1 aromatic carbocycles. The highest BCUT2D eigenvalue weighted by Crippen LogP contribution is 2.25. The summed E-state index contributed by atoms with van der Waals surface area (Å²) in [6.45, 7) is 7.77. The monoisotopic (exact) mass is 395 g/mol. The Kier molecular flexibility index (Phi) is 6.67. The third-order valence-corrected chi connectivity index (χ3v) is 6.38. The zero-order valence-electron chi connectivity index (χ0n) is 17.5. The average Bonchev–Trinajstić information content (AvgIpc) is 3.18. The van der Waals surface area contributed by atoms with Crippen molar-refractivity contribution in [2.75, 3.05) is 26.2 Å². The molecule has 0 bridgehead atoms. The van der Waals surface area contributed by atoms with Crippen molar-refractivity contribution in [3.63, 3.8) is 0 Å². The molecule has 2 aromatic rings. The molecule has 3 heterocycles.